The highest BCUT2D eigenvalue weighted by molar-refractivity contribution is 7.94. The van der Waals surface area contributed by atoms with Crippen LogP contribution in [0.1, 0.15) is 15.9 Å². The van der Waals surface area contributed by atoms with Gasteiger partial charge in [-0.25, -0.2) is 0 Å². The number of nitrogens with one attached hydrogen (secondary N) is 2. The Bertz CT molecular complexity index is 1290. The van der Waals surface area contributed by atoms with Crippen LogP contribution >= 0.6 is 11.3 Å². The van der Waals surface area contributed by atoms with E-state index in [0.29, 0.717) is 23.6 Å². The Kier molecular flexibility index (Phi) is 6.43. The Morgan fingerprint density at radius 3 is 2.22 bits per heavy atom. The first kappa shape index (κ1) is 21.5. The molecule has 0 aliphatic rings. The van der Waals surface area contributed by atoms with E-state index in [0.717, 1.165) is 16.9 Å². The van der Waals surface area contributed by atoms with Crippen molar-refractivity contribution in [3.63, 3.8) is 0 Å². The van der Waals surface area contributed by atoms with Crippen LogP contribution in [0.2, 0.25) is 0 Å². The number of carbonyl (C=O) groups excluding carboxylic acids is 1. The standard InChI is InChI=1S/C22H18N4O4S2/c27-20(17-9-5-2-6-10-17)23-21-24-25-22(31-21)32(28,29)26-18-11-13-19(14-12-18)30-15-16-7-3-1-4-8-16/h1-14,26H,15H2,(H,23,24,27). The van der Waals surface area contributed by atoms with Gasteiger partial charge in [0.05, 0.1) is 0 Å². The molecule has 0 radical (unpaired) electrons. The second kappa shape index (κ2) is 9.58. The number of amides is 1. The maximum Gasteiger partial charge on any atom is 0.291 e. The predicted octanol–water partition coefficient (Wildman–Crippen LogP) is 4.17. The van der Waals surface area contributed by atoms with Crippen LogP contribution in [0.4, 0.5) is 10.8 Å². The third-order valence-corrected chi connectivity index (χ3v) is 6.84. The van der Waals surface area contributed by atoms with E-state index < -0.39 is 15.9 Å². The van der Waals surface area contributed by atoms with E-state index >= 15 is 0 Å². The molecule has 0 spiro atoms. The predicted molar refractivity (Wildman–Crippen MR) is 122 cm³/mol. The molecule has 0 bridgehead atoms. The number of carbonyl (C=O) groups is 1. The van der Waals surface area contributed by atoms with Gasteiger partial charge in [-0.3, -0.25) is 14.8 Å². The summed E-state index contributed by atoms with van der Waals surface area (Å²) in [5, 5.41) is 10.1. The minimum atomic E-state index is -3.96. The summed E-state index contributed by atoms with van der Waals surface area (Å²) >= 11 is 0.762. The number of aromatic nitrogens is 2. The molecule has 10 heteroatoms. The van der Waals surface area contributed by atoms with Crippen LogP contribution in [0.3, 0.4) is 0 Å². The molecule has 0 unspecified atom stereocenters. The number of hydrogen-bond acceptors (Lipinski definition) is 7. The zero-order chi connectivity index (χ0) is 22.4. The van der Waals surface area contributed by atoms with Crippen LogP contribution in [0.5, 0.6) is 5.75 Å². The number of anilines is 2. The summed E-state index contributed by atoms with van der Waals surface area (Å²) < 4.78 is 33.1. The molecule has 0 aliphatic carbocycles. The molecule has 1 heterocycles. The molecule has 4 rings (SSSR count). The van der Waals surface area contributed by atoms with Crippen LogP contribution in [0.25, 0.3) is 0 Å². The SMILES string of the molecule is O=C(Nc1nnc(S(=O)(=O)Nc2ccc(OCc3ccccc3)cc2)s1)c1ccccc1. The van der Waals surface area contributed by atoms with Gasteiger partial charge in [-0.05, 0) is 42.0 Å². The average Bonchev–Trinajstić information content (AvgIpc) is 3.29. The fraction of sp³-hybridized carbons (Fsp3) is 0.0455. The highest BCUT2D eigenvalue weighted by Crippen LogP contribution is 2.24. The first-order valence-corrected chi connectivity index (χ1v) is 11.8. The third-order valence-electron chi connectivity index (χ3n) is 4.25. The minimum Gasteiger partial charge on any atom is -0.489 e. The van der Waals surface area contributed by atoms with Gasteiger partial charge in [-0.15, -0.1) is 10.2 Å². The van der Waals surface area contributed by atoms with Crippen molar-refractivity contribution in [3.05, 3.63) is 96.1 Å². The molecular weight excluding hydrogens is 448 g/mol. The molecule has 3 aromatic carbocycles. The Morgan fingerprint density at radius 1 is 0.875 bits per heavy atom. The third kappa shape index (κ3) is 5.48. The van der Waals surface area contributed by atoms with Gasteiger partial charge in [0.25, 0.3) is 20.3 Å². The van der Waals surface area contributed by atoms with Gasteiger partial charge >= 0.3 is 0 Å². The molecule has 32 heavy (non-hydrogen) atoms. The largest absolute Gasteiger partial charge is 0.489 e. The molecule has 4 aromatic rings. The second-order valence-corrected chi connectivity index (χ2v) is 9.43. The molecule has 1 aromatic heterocycles. The van der Waals surface area contributed by atoms with Gasteiger partial charge in [-0.1, -0.05) is 59.9 Å². The van der Waals surface area contributed by atoms with Crippen molar-refractivity contribution in [1.29, 1.82) is 0 Å². The van der Waals surface area contributed by atoms with Gasteiger partial charge in [0.1, 0.15) is 12.4 Å². The first-order valence-electron chi connectivity index (χ1n) is 9.49. The van der Waals surface area contributed by atoms with E-state index in [4.69, 9.17) is 4.74 Å². The molecule has 0 saturated carbocycles. The minimum absolute atomic E-state index is 0.0869. The van der Waals surface area contributed by atoms with Gasteiger partial charge in [0.15, 0.2) is 0 Å². The van der Waals surface area contributed by atoms with Crippen molar-refractivity contribution in [3.8, 4) is 5.75 Å². The van der Waals surface area contributed by atoms with Crippen LogP contribution in [0.15, 0.2) is 89.3 Å². The lowest BCUT2D eigenvalue weighted by Gasteiger charge is -2.08. The van der Waals surface area contributed by atoms with Crippen molar-refractivity contribution in [1.82, 2.24) is 10.2 Å². The lowest BCUT2D eigenvalue weighted by atomic mass is 10.2. The Hall–Kier alpha value is -3.76. The van der Waals surface area contributed by atoms with Crippen molar-refractivity contribution < 1.29 is 17.9 Å². The quantitative estimate of drug-likeness (QED) is 0.377. The normalized spacial score (nSPS) is 11.0. The number of nitrogens with zero attached hydrogens (tertiary/aromatic N) is 2. The Balaban J connectivity index is 1.37. The molecule has 8 nitrogen and oxygen atoms in total. The summed E-state index contributed by atoms with van der Waals surface area (Å²) in [4.78, 5) is 12.2. The lowest BCUT2D eigenvalue weighted by Crippen LogP contribution is -2.12. The van der Waals surface area contributed by atoms with Gasteiger partial charge in [-0.2, -0.15) is 8.42 Å². The first-order chi connectivity index (χ1) is 15.5. The van der Waals surface area contributed by atoms with Crippen molar-refractivity contribution >= 4 is 38.1 Å². The number of ether oxygens (including phenoxy) is 1. The van der Waals surface area contributed by atoms with E-state index in [-0.39, 0.29) is 9.47 Å². The van der Waals surface area contributed by atoms with Crippen LogP contribution in [-0.2, 0) is 16.6 Å². The summed E-state index contributed by atoms with van der Waals surface area (Å²) in [6, 6.07) is 24.8. The maximum atomic E-state index is 12.6. The number of sulfonamides is 1. The average molecular weight is 467 g/mol. The van der Waals surface area contributed by atoms with E-state index in [2.05, 4.69) is 20.2 Å². The monoisotopic (exact) mass is 466 g/mol. The number of benzene rings is 3. The van der Waals surface area contributed by atoms with Gasteiger partial charge in [0.2, 0.25) is 5.13 Å². The summed E-state index contributed by atoms with van der Waals surface area (Å²) in [5.41, 5.74) is 1.81. The summed E-state index contributed by atoms with van der Waals surface area (Å²) in [6.07, 6.45) is 0. The molecule has 0 fully saturated rings. The van der Waals surface area contributed by atoms with E-state index in [9.17, 15) is 13.2 Å². The maximum absolute atomic E-state index is 12.6. The molecule has 2 N–H and O–H groups in total. The molecule has 0 aliphatic heterocycles. The van der Waals surface area contributed by atoms with Crippen molar-refractivity contribution in [2.75, 3.05) is 10.0 Å². The fourth-order valence-corrected chi connectivity index (χ4v) is 4.64. The zero-order valence-electron chi connectivity index (χ0n) is 16.6. The van der Waals surface area contributed by atoms with E-state index in [1.807, 2.05) is 30.3 Å². The number of rotatable bonds is 8. The Labute approximate surface area is 189 Å². The topological polar surface area (TPSA) is 110 Å². The molecular formula is C22H18N4O4S2. The van der Waals surface area contributed by atoms with Crippen molar-refractivity contribution in [2.24, 2.45) is 0 Å². The van der Waals surface area contributed by atoms with Crippen LogP contribution in [0, 0.1) is 0 Å². The fourth-order valence-electron chi connectivity index (χ4n) is 2.69. The highest BCUT2D eigenvalue weighted by atomic mass is 32.2. The Morgan fingerprint density at radius 2 is 1.53 bits per heavy atom. The van der Waals surface area contributed by atoms with Crippen LogP contribution < -0.4 is 14.8 Å². The van der Waals surface area contributed by atoms with E-state index in [1.165, 1.54) is 0 Å². The summed E-state index contributed by atoms with van der Waals surface area (Å²) in [5.74, 6) is 0.211. The van der Waals surface area contributed by atoms with E-state index in [1.54, 1.807) is 54.6 Å². The van der Waals surface area contributed by atoms with Crippen molar-refractivity contribution in [2.45, 2.75) is 10.9 Å². The smallest absolute Gasteiger partial charge is 0.291 e. The number of hydrogen-bond donors (Lipinski definition) is 2. The molecule has 0 atom stereocenters. The van der Waals surface area contributed by atoms with Gasteiger partial charge in [0, 0.05) is 11.3 Å². The molecule has 162 valence electrons. The highest BCUT2D eigenvalue weighted by Gasteiger charge is 2.21. The molecule has 0 saturated heterocycles. The van der Waals surface area contributed by atoms with Crippen LogP contribution in [-0.4, -0.2) is 24.5 Å². The molecule has 1 amide bonds. The second-order valence-electron chi connectivity index (χ2n) is 6.60. The van der Waals surface area contributed by atoms with Gasteiger partial charge < -0.3 is 4.74 Å². The lowest BCUT2D eigenvalue weighted by molar-refractivity contribution is 0.102. The summed E-state index contributed by atoms with van der Waals surface area (Å²) in [6.45, 7) is 0.411. The summed E-state index contributed by atoms with van der Waals surface area (Å²) in [7, 11) is -3.96. The zero-order valence-corrected chi connectivity index (χ0v) is 18.3.